The Morgan fingerprint density at radius 3 is 2.19 bits per heavy atom. The van der Waals surface area contributed by atoms with Gasteiger partial charge in [-0.1, -0.05) is 51.4 Å². The lowest BCUT2D eigenvalue weighted by atomic mass is 9.66. The lowest BCUT2D eigenvalue weighted by molar-refractivity contribution is -0.157. The maximum Gasteiger partial charge on any atom is 0.410 e. The van der Waals surface area contributed by atoms with Crippen molar-refractivity contribution in [3.05, 3.63) is 34.9 Å². The largest absolute Gasteiger partial charge is 0.444 e. The number of nitrogens with zero attached hydrogens (tertiary/aromatic N) is 2. The molecule has 2 unspecified atom stereocenters. The lowest BCUT2D eigenvalue weighted by Gasteiger charge is -2.51. The second-order valence-corrected chi connectivity index (χ2v) is 12.5. The Bertz CT molecular complexity index is 982. The number of carbonyl (C=O) groups is 3. The highest BCUT2D eigenvalue weighted by Crippen LogP contribution is 2.46. The Labute approximate surface area is 219 Å². The molecule has 200 valence electrons. The summed E-state index contributed by atoms with van der Waals surface area (Å²) in [7, 11) is 0. The van der Waals surface area contributed by atoms with Crippen molar-refractivity contribution in [2.45, 2.75) is 72.1 Å². The van der Waals surface area contributed by atoms with Crippen molar-refractivity contribution in [1.82, 2.24) is 15.1 Å². The Kier molecular flexibility index (Phi) is 8.01. The van der Waals surface area contributed by atoms with Crippen LogP contribution in [0, 0.1) is 17.3 Å². The smallest absolute Gasteiger partial charge is 0.410 e. The Hall–Kier alpha value is -2.32. The molecule has 0 bridgehead atoms. The van der Waals surface area contributed by atoms with Crippen LogP contribution in [0.5, 0.6) is 0 Å². The van der Waals surface area contributed by atoms with E-state index in [1.54, 1.807) is 37.8 Å². The number of hydrogen-bond donors (Lipinski definition) is 2. The molecule has 2 fully saturated rings. The van der Waals surface area contributed by atoms with Gasteiger partial charge in [0, 0.05) is 36.6 Å². The summed E-state index contributed by atoms with van der Waals surface area (Å²) in [5.74, 6) is -0.897. The average Bonchev–Trinajstić information content (AvgIpc) is 2.71. The number of ether oxygens (including phenoxy) is 1. The quantitative estimate of drug-likeness (QED) is 0.614. The fourth-order valence-corrected chi connectivity index (χ4v) is 5.00. The van der Waals surface area contributed by atoms with Crippen LogP contribution in [0.3, 0.4) is 0 Å². The first-order valence-corrected chi connectivity index (χ1v) is 13.0. The molecule has 2 atom stereocenters. The van der Waals surface area contributed by atoms with Crippen molar-refractivity contribution in [1.29, 1.82) is 0 Å². The molecule has 9 heteroatoms. The number of carbonyl (C=O) groups excluding carboxylic acids is 3. The van der Waals surface area contributed by atoms with Crippen molar-refractivity contribution in [2.75, 3.05) is 26.2 Å². The summed E-state index contributed by atoms with van der Waals surface area (Å²) in [5.41, 5.74) is -1.55. The van der Waals surface area contributed by atoms with Crippen LogP contribution in [0.25, 0.3) is 0 Å². The summed E-state index contributed by atoms with van der Waals surface area (Å²) in [4.78, 5) is 41.9. The first-order chi connectivity index (χ1) is 16.5. The molecule has 0 aliphatic carbocycles. The molecule has 0 spiro atoms. The lowest BCUT2D eigenvalue weighted by Crippen LogP contribution is -2.62. The van der Waals surface area contributed by atoms with Crippen LogP contribution < -0.4 is 5.32 Å². The van der Waals surface area contributed by atoms with Crippen LogP contribution in [0.15, 0.2) is 24.3 Å². The minimum atomic E-state index is -1.11. The van der Waals surface area contributed by atoms with Crippen LogP contribution in [0.1, 0.15) is 60.5 Å². The van der Waals surface area contributed by atoms with E-state index in [9.17, 15) is 19.5 Å². The number of aliphatic hydroxyl groups is 1. The van der Waals surface area contributed by atoms with Gasteiger partial charge in [0.1, 0.15) is 11.6 Å². The van der Waals surface area contributed by atoms with Crippen LogP contribution >= 0.6 is 11.6 Å². The van der Waals surface area contributed by atoms with Crippen molar-refractivity contribution in [3.63, 3.8) is 0 Å². The topological polar surface area (TPSA) is 99.2 Å². The molecule has 2 heterocycles. The molecule has 0 aromatic heterocycles. The SMILES string of the molecule is CC(C)C(NC(=O)C1CN(C(=O)OC(C)(C)C)C1)C(=O)N1CCC(O)(c2ccc(Cl)cc2)C(C)(C)C1. The van der Waals surface area contributed by atoms with E-state index in [2.05, 4.69) is 5.32 Å². The van der Waals surface area contributed by atoms with Gasteiger partial charge in [0.15, 0.2) is 0 Å². The Balaban J connectivity index is 1.62. The van der Waals surface area contributed by atoms with Gasteiger partial charge in [-0.3, -0.25) is 9.59 Å². The van der Waals surface area contributed by atoms with E-state index < -0.39 is 28.8 Å². The number of likely N-dealkylation sites (tertiary alicyclic amines) is 2. The molecule has 2 N–H and O–H groups in total. The molecule has 3 rings (SSSR count). The first kappa shape index (κ1) is 28.3. The summed E-state index contributed by atoms with van der Waals surface area (Å²) in [6.07, 6.45) is -0.0636. The molecule has 36 heavy (non-hydrogen) atoms. The van der Waals surface area contributed by atoms with E-state index in [0.29, 0.717) is 24.5 Å². The third-order valence-corrected chi connectivity index (χ3v) is 7.47. The van der Waals surface area contributed by atoms with Crippen molar-refractivity contribution < 1.29 is 24.2 Å². The number of nitrogens with one attached hydrogen (secondary N) is 1. The number of hydrogen-bond acceptors (Lipinski definition) is 5. The predicted molar refractivity (Wildman–Crippen MR) is 138 cm³/mol. The summed E-state index contributed by atoms with van der Waals surface area (Å²) in [6.45, 7) is 14.3. The van der Waals surface area contributed by atoms with Crippen molar-refractivity contribution in [3.8, 4) is 0 Å². The summed E-state index contributed by atoms with van der Waals surface area (Å²) < 4.78 is 5.35. The zero-order chi connectivity index (χ0) is 27.1. The predicted octanol–water partition coefficient (Wildman–Crippen LogP) is 3.79. The minimum absolute atomic E-state index is 0.122. The fourth-order valence-electron chi connectivity index (χ4n) is 4.87. The van der Waals surface area contributed by atoms with Crippen molar-refractivity contribution >= 4 is 29.5 Å². The maximum atomic E-state index is 13.5. The van der Waals surface area contributed by atoms with Crippen LogP contribution in [0.2, 0.25) is 5.02 Å². The van der Waals surface area contributed by atoms with Crippen LogP contribution in [-0.2, 0) is 19.9 Å². The fraction of sp³-hybridized carbons (Fsp3) is 0.667. The molecule has 0 saturated carbocycles. The number of amides is 3. The third-order valence-electron chi connectivity index (χ3n) is 7.22. The number of benzene rings is 1. The molecule has 2 aliphatic heterocycles. The highest BCUT2D eigenvalue weighted by molar-refractivity contribution is 6.30. The molecule has 1 aromatic carbocycles. The van der Waals surface area contributed by atoms with E-state index in [4.69, 9.17) is 16.3 Å². The number of piperidine rings is 1. The molecule has 8 nitrogen and oxygen atoms in total. The zero-order valence-electron chi connectivity index (χ0n) is 22.4. The monoisotopic (exact) mass is 521 g/mol. The summed E-state index contributed by atoms with van der Waals surface area (Å²) in [5, 5.41) is 15.1. The summed E-state index contributed by atoms with van der Waals surface area (Å²) >= 11 is 6.03. The standard InChI is InChI=1S/C27H40ClN3O5/c1-17(2)21(29-22(32)18-14-31(15-18)24(34)36-25(3,4)5)23(33)30-13-12-27(35,26(6,7)16-30)19-8-10-20(28)11-9-19/h8-11,17-18,21,35H,12-16H2,1-7H3,(H,29,32). The van der Waals surface area contributed by atoms with Crippen LogP contribution in [0.4, 0.5) is 4.79 Å². The van der Waals surface area contributed by atoms with E-state index in [-0.39, 0.29) is 36.7 Å². The number of halogens is 1. The molecule has 2 saturated heterocycles. The zero-order valence-corrected chi connectivity index (χ0v) is 23.2. The minimum Gasteiger partial charge on any atom is -0.444 e. The molecular formula is C27H40ClN3O5. The van der Waals surface area contributed by atoms with Gasteiger partial charge in [0.05, 0.1) is 11.5 Å². The molecule has 1 aromatic rings. The second kappa shape index (κ2) is 10.2. The van der Waals surface area contributed by atoms with Gasteiger partial charge in [-0.2, -0.15) is 0 Å². The second-order valence-electron chi connectivity index (χ2n) is 12.1. The van der Waals surface area contributed by atoms with Gasteiger partial charge < -0.3 is 25.0 Å². The average molecular weight is 522 g/mol. The normalized spacial score (nSPS) is 23.2. The van der Waals surface area contributed by atoms with E-state index in [0.717, 1.165) is 5.56 Å². The van der Waals surface area contributed by atoms with Gasteiger partial charge in [0.25, 0.3) is 0 Å². The van der Waals surface area contributed by atoms with Crippen molar-refractivity contribution in [2.24, 2.45) is 17.3 Å². The molecule has 2 aliphatic rings. The van der Waals surface area contributed by atoms with Crippen LogP contribution in [-0.4, -0.2) is 70.6 Å². The highest BCUT2D eigenvalue weighted by atomic mass is 35.5. The maximum absolute atomic E-state index is 13.5. The van der Waals surface area contributed by atoms with Gasteiger partial charge in [0.2, 0.25) is 11.8 Å². The van der Waals surface area contributed by atoms with Gasteiger partial charge in [-0.15, -0.1) is 0 Å². The molecule has 0 radical (unpaired) electrons. The Morgan fingerprint density at radius 2 is 1.69 bits per heavy atom. The highest BCUT2D eigenvalue weighted by Gasteiger charge is 2.50. The summed E-state index contributed by atoms with van der Waals surface area (Å²) in [6, 6.07) is 6.50. The van der Waals surface area contributed by atoms with Gasteiger partial charge >= 0.3 is 6.09 Å². The third kappa shape index (κ3) is 5.97. The first-order valence-electron chi connectivity index (χ1n) is 12.6. The van der Waals surface area contributed by atoms with E-state index in [1.807, 2.05) is 39.8 Å². The van der Waals surface area contributed by atoms with Gasteiger partial charge in [-0.25, -0.2) is 4.79 Å². The van der Waals surface area contributed by atoms with Gasteiger partial charge in [-0.05, 0) is 50.8 Å². The van der Waals surface area contributed by atoms with E-state index >= 15 is 0 Å². The molecule has 3 amide bonds. The number of rotatable bonds is 5. The Morgan fingerprint density at radius 1 is 1.11 bits per heavy atom. The molecular weight excluding hydrogens is 482 g/mol. The van der Waals surface area contributed by atoms with E-state index in [1.165, 1.54) is 4.90 Å².